The summed E-state index contributed by atoms with van der Waals surface area (Å²) in [5.74, 6) is 0. The molecule has 0 atom stereocenters. The van der Waals surface area contributed by atoms with Crippen molar-refractivity contribution in [2.75, 3.05) is 0 Å². The summed E-state index contributed by atoms with van der Waals surface area (Å²) in [7, 11) is 0. The molecule has 4 heteroatoms. The molecular weight excluding hydrogens is 693 g/mol. The molecular formula is C53H36N4. The summed E-state index contributed by atoms with van der Waals surface area (Å²) in [6, 6.07) is 65.5. The Morgan fingerprint density at radius 3 is 1.70 bits per heavy atom. The number of nitrogens with zero attached hydrogens (tertiary/aromatic N) is 4. The number of hydrogen-bond acceptors (Lipinski definition) is 2. The van der Waals surface area contributed by atoms with E-state index in [1.54, 1.807) is 0 Å². The largest absolute Gasteiger partial charge is 0.309 e. The fourth-order valence-electron chi connectivity index (χ4n) is 9.85. The molecule has 1 aliphatic rings. The zero-order valence-electron chi connectivity index (χ0n) is 31.6. The van der Waals surface area contributed by atoms with E-state index in [1.807, 2.05) is 30.3 Å². The maximum atomic E-state index is 5.25. The van der Waals surface area contributed by atoms with Crippen molar-refractivity contribution in [2.45, 2.75) is 19.3 Å². The SMILES string of the molecule is CC1(C)c2ccccc2-c2cccc(-n3c4ccccc4c4c5c6ccccc6n(-c6cccc(-c7nc8ccccc8nc7-c7ccccc7)c6)c5ccc43)c21. The van der Waals surface area contributed by atoms with Gasteiger partial charge in [-0.05, 0) is 76.9 Å². The quantitative estimate of drug-likeness (QED) is 0.181. The highest BCUT2D eigenvalue weighted by atomic mass is 15.0. The van der Waals surface area contributed by atoms with E-state index >= 15 is 0 Å². The Kier molecular flexibility index (Phi) is 6.65. The van der Waals surface area contributed by atoms with Gasteiger partial charge in [0.05, 0.1) is 50.2 Å². The van der Waals surface area contributed by atoms with E-state index in [9.17, 15) is 0 Å². The molecule has 1 aliphatic carbocycles. The third kappa shape index (κ3) is 4.50. The van der Waals surface area contributed by atoms with Crippen molar-refractivity contribution in [3.05, 3.63) is 193 Å². The lowest BCUT2D eigenvalue weighted by Crippen LogP contribution is -2.17. The molecule has 0 fully saturated rings. The van der Waals surface area contributed by atoms with Crippen molar-refractivity contribution in [1.82, 2.24) is 19.1 Å². The smallest absolute Gasteiger partial charge is 0.0973 e. The van der Waals surface area contributed by atoms with Gasteiger partial charge in [0.15, 0.2) is 0 Å². The fourth-order valence-corrected chi connectivity index (χ4v) is 9.85. The molecule has 8 aromatic carbocycles. The summed E-state index contributed by atoms with van der Waals surface area (Å²) in [4.78, 5) is 10.4. The zero-order valence-corrected chi connectivity index (χ0v) is 31.6. The highest BCUT2D eigenvalue weighted by Crippen LogP contribution is 2.52. The predicted octanol–water partition coefficient (Wildman–Crippen LogP) is 13.5. The van der Waals surface area contributed by atoms with Crippen LogP contribution >= 0.6 is 0 Å². The molecule has 0 bridgehead atoms. The minimum atomic E-state index is -0.152. The van der Waals surface area contributed by atoms with Crippen LogP contribution in [0.1, 0.15) is 25.0 Å². The van der Waals surface area contributed by atoms with Crippen LogP contribution in [0.2, 0.25) is 0 Å². The molecule has 12 rings (SSSR count). The Bertz CT molecular complexity index is 3440. The van der Waals surface area contributed by atoms with Crippen LogP contribution in [0.25, 0.3) is 99.7 Å². The molecule has 0 aliphatic heterocycles. The molecule has 3 aromatic heterocycles. The summed E-state index contributed by atoms with van der Waals surface area (Å²) in [5.41, 5.74) is 17.9. The summed E-state index contributed by atoms with van der Waals surface area (Å²) in [6.07, 6.45) is 0. The molecule has 0 amide bonds. The molecule has 0 saturated heterocycles. The standard InChI is InChI=1S/C53H36N4/c1-53(2)40-24-9-6-20-36(40)37-23-15-29-47(50(37)53)57-44-28-13-8-22-39(44)49-46(57)31-30-45-48(49)38-21-7-12-27-43(38)56(45)35-19-14-18-34(32-35)52-51(33-16-4-3-5-17-33)54-41-25-10-11-26-42(41)55-52/h3-32H,1-2H3. The Labute approximate surface area is 329 Å². The van der Waals surface area contributed by atoms with E-state index in [4.69, 9.17) is 9.97 Å². The lowest BCUT2D eigenvalue weighted by Gasteiger charge is -2.25. The normalized spacial score (nSPS) is 13.2. The van der Waals surface area contributed by atoms with E-state index in [0.717, 1.165) is 39.2 Å². The van der Waals surface area contributed by atoms with Gasteiger partial charge in [0.2, 0.25) is 0 Å². The van der Waals surface area contributed by atoms with E-state index in [0.29, 0.717) is 0 Å². The summed E-state index contributed by atoms with van der Waals surface area (Å²) in [6.45, 7) is 4.75. The molecule has 268 valence electrons. The number of hydrogen-bond donors (Lipinski definition) is 0. The van der Waals surface area contributed by atoms with Crippen molar-refractivity contribution in [1.29, 1.82) is 0 Å². The van der Waals surface area contributed by atoms with Crippen LogP contribution in [-0.4, -0.2) is 19.1 Å². The molecule has 57 heavy (non-hydrogen) atoms. The molecule has 11 aromatic rings. The Morgan fingerprint density at radius 2 is 0.965 bits per heavy atom. The minimum Gasteiger partial charge on any atom is -0.309 e. The van der Waals surface area contributed by atoms with Gasteiger partial charge < -0.3 is 9.13 Å². The second-order valence-corrected chi connectivity index (χ2v) is 15.8. The fraction of sp³-hybridized carbons (Fsp3) is 0.0566. The maximum absolute atomic E-state index is 5.25. The number of rotatable bonds is 4. The van der Waals surface area contributed by atoms with E-state index in [-0.39, 0.29) is 5.41 Å². The second kappa shape index (κ2) is 11.8. The van der Waals surface area contributed by atoms with Crippen LogP contribution in [0.3, 0.4) is 0 Å². The summed E-state index contributed by atoms with van der Waals surface area (Å²) in [5, 5.41) is 5.01. The van der Waals surface area contributed by atoms with Crippen molar-refractivity contribution in [2.24, 2.45) is 0 Å². The molecule has 0 N–H and O–H groups in total. The number of fused-ring (bicyclic) bond motifs is 11. The predicted molar refractivity (Wildman–Crippen MR) is 237 cm³/mol. The topological polar surface area (TPSA) is 35.6 Å². The van der Waals surface area contributed by atoms with E-state index in [2.05, 4.69) is 175 Å². The first-order chi connectivity index (χ1) is 28.1. The van der Waals surface area contributed by atoms with Gasteiger partial charge in [-0.1, -0.05) is 141 Å². The number of para-hydroxylation sites is 4. The van der Waals surface area contributed by atoms with Crippen molar-refractivity contribution in [3.63, 3.8) is 0 Å². The second-order valence-electron chi connectivity index (χ2n) is 15.8. The van der Waals surface area contributed by atoms with Gasteiger partial charge in [-0.15, -0.1) is 0 Å². The van der Waals surface area contributed by atoms with Crippen LogP contribution < -0.4 is 0 Å². The molecule has 0 spiro atoms. The van der Waals surface area contributed by atoms with Gasteiger partial charge in [-0.3, -0.25) is 0 Å². The summed E-state index contributed by atoms with van der Waals surface area (Å²) < 4.78 is 4.95. The van der Waals surface area contributed by atoms with Crippen LogP contribution in [0.15, 0.2) is 182 Å². The van der Waals surface area contributed by atoms with E-state index < -0.39 is 0 Å². The van der Waals surface area contributed by atoms with Gasteiger partial charge in [-0.25, -0.2) is 9.97 Å². The van der Waals surface area contributed by atoms with Crippen molar-refractivity contribution < 1.29 is 0 Å². The molecule has 4 nitrogen and oxygen atoms in total. The minimum absolute atomic E-state index is 0.152. The van der Waals surface area contributed by atoms with Crippen LogP contribution in [0, 0.1) is 0 Å². The zero-order chi connectivity index (χ0) is 37.8. The van der Waals surface area contributed by atoms with Gasteiger partial charge in [0, 0.05) is 43.8 Å². The summed E-state index contributed by atoms with van der Waals surface area (Å²) >= 11 is 0. The third-order valence-electron chi connectivity index (χ3n) is 12.3. The monoisotopic (exact) mass is 728 g/mol. The van der Waals surface area contributed by atoms with Crippen LogP contribution in [0.5, 0.6) is 0 Å². The Hall–Kier alpha value is -7.30. The average Bonchev–Trinajstić information content (AvgIpc) is 3.87. The lowest BCUT2D eigenvalue weighted by atomic mass is 9.81. The van der Waals surface area contributed by atoms with Crippen LogP contribution in [-0.2, 0) is 5.41 Å². The molecule has 0 saturated carbocycles. The third-order valence-corrected chi connectivity index (χ3v) is 12.3. The lowest BCUT2D eigenvalue weighted by molar-refractivity contribution is 0.656. The van der Waals surface area contributed by atoms with E-state index in [1.165, 1.54) is 71.6 Å². The molecule has 0 unspecified atom stereocenters. The maximum Gasteiger partial charge on any atom is 0.0973 e. The number of aromatic nitrogens is 4. The first kappa shape index (κ1) is 32.0. The first-order valence-corrected chi connectivity index (χ1v) is 19.7. The Balaban J connectivity index is 1.12. The van der Waals surface area contributed by atoms with Crippen LogP contribution in [0.4, 0.5) is 0 Å². The van der Waals surface area contributed by atoms with Crippen molar-refractivity contribution in [3.8, 4) is 45.0 Å². The van der Waals surface area contributed by atoms with Gasteiger partial charge in [0.1, 0.15) is 0 Å². The highest BCUT2D eigenvalue weighted by Gasteiger charge is 2.38. The number of benzene rings is 8. The Morgan fingerprint density at radius 1 is 0.421 bits per heavy atom. The molecule has 0 radical (unpaired) electrons. The van der Waals surface area contributed by atoms with Gasteiger partial charge >= 0.3 is 0 Å². The first-order valence-electron chi connectivity index (χ1n) is 19.7. The highest BCUT2D eigenvalue weighted by molar-refractivity contribution is 6.29. The van der Waals surface area contributed by atoms with Gasteiger partial charge in [0.25, 0.3) is 0 Å². The van der Waals surface area contributed by atoms with Crippen molar-refractivity contribution >= 4 is 54.6 Å². The average molecular weight is 729 g/mol. The molecule has 3 heterocycles. The van der Waals surface area contributed by atoms with Gasteiger partial charge in [-0.2, -0.15) is 0 Å².